The van der Waals surface area contributed by atoms with Crippen LogP contribution in [-0.4, -0.2) is 50.1 Å². The second kappa shape index (κ2) is 9.42. The summed E-state index contributed by atoms with van der Waals surface area (Å²) in [6.45, 7) is 9.45. The molecule has 2 aromatic rings. The van der Waals surface area contributed by atoms with Gasteiger partial charge in [-0.3, -0.25) is 4.79 Å². The summed E-state index contributed by atoms with van der Waals surface area (Å²) in [6, 6.07) is 15.9. The predicted octanol–water partition coefficient (Wildman–Crippen LogP) is 3.41. The summed E-state index contributed by atoms with van der Waals surface area (Å²) in [4.78, 5) is 17.2. The zero-order chi connectivity index (χ0) is 19.1. The molecule has 3 rings (SSSR count). The standard InChI is InChI=1S/C22H29N3O2/c1-3-18-9-11-19(12-10-18)27-17-22(26)23-20-7-5-6-8-21(20)25-15-13-24(4-2)14-16-25/h5-12H,3-4,13-17H2,1-2H3,(H,23,26). The fraction of sp³-hybridized carbons (Fsp3) is 0.409. The van der Waals surface area contributed by atoms with E-state index in [9.17, 15) is 4.79 Å². The van der Waals surface area contributed by atoms with Gasteiger partial charge in [0.2, 0.25) is 0 Å². The Morgan fingerprint density at radius 1 is 1.00 bits per heavy atom. The smallest absolute Gasteiger partial charge is 0.262 e. The maximum atomic E-state index is 12.4. The zero-order valence-electron chi connectivity index (χ0n) is 16.3. The van der Waals surface area contributed by atoms with Crippen molar-refractivity contribution in [3.05, 3.63) is 54.1 Å². The van der Waals surface area contributed by atoms with Crippen LogP contribution in [0.5, 0.6) is 5.75 Å². The van der Waals surface area contributed by atoms with Crippen molar-refractivity contribution < 1.29 is 9.53 Å². The van der Waals surface area contributed by atoms with E-state index >= 15 is 0 Å². The molecule has 0 aromatic heterocycles. The van der Waals surface area contributed by atoms with E-state index in [1.165, 1.54) is 5.56 Å². The van der Waals surface area contributed by atoms with Crippen LogP contribution in [0.4, 0.5) is 11.4 Å². The number of benzene rings is 2. The highest BCUT2D eigenvalue weighted by Crippen LogP contribution is 2.26. The van der Waals surface area contributed by atoms with Crippen LogP contribution in [-0.2, 0) is 11.2 Å². The molecule has 0 aliphatic carbocycles. The molecular weight excluding hydrogens is 338 g/mol. The summed E-state index contributed by atoms with van der Waals surface area (Å²) >= 11 is 0. The van der Waals surface area contributed by atoms with E-state index in [0.29, 0.717) is 5.75 Å². The lowest BCUT2D eigenvalue weighted by Gasteiger charge is -2.36. The number of nitrogens with zero attached hydrogens (tertiary/aromatic N) is 2. The summed E-state index contributed by atoms with van der Waals surface area (Å²) in [5, 5.41) is 3.01. The first-order valence-electron chi connectivity index (χ1n) is 9.77. The largest absolute Gasteiger partial charge is 0.484 e. The highest BCUT2D eigenvalue weighted by molar-refractivity contribution is 5.95. The fourth-order valence-corrected chi connectivity index (χ4v) is 3.32. The molecular formula is C22H29N3O2. The van der Waals surface area contributed by atoms with Crippen LogP contribution >= 0.6 is 0 Å². The van der Waals surface area contributed by atoms with Gasteiger partial charge in [-0.2, -0.15) is 0 Å². The van der Waals surface area contributed by atoms with Gasteiger partial charge in [-0.15, -0.1) is 0 Å². The molecule has 0 saturated carbocycles. The number of hydrogen-bond acceptors (Lipinski definition) is 4. The number of carbonyl (C=O) groups is 1. The Balaban J connectivity index is 1.57. The molecule has 0 spiro atoms. The minimum Gasteiger partial charge on any atom is -0.484 e. The number of hydrogen-bond donors (Lipinski definition) is 1. The molecule has 1 fully saturated rings. The van der Waals surface area contributed by atoms with Crippen LogP contribution in [0.25, 0.3) is 0 Å². The molecule has 0 unspecified atom stereocenters. The average Bonchev–Trinajstić information content (AvgIpc) is 2.73. The van der Waals surface area contributed by atoms with Crippen molar-refractivity contribution in [3.63, 3.8) is 0 Å². The Hall–Kier alpha value is -2.53. The predicted molar refractivity (Wildman–Crippen MR) is 111 cm³/mol. The normalized spacial score (nSPS) is 14.8. The second-order valence-corrected chi connectivity index (χ2v) is 6.77. The quantitative estimate of drug-likeness (QED) is 0.815. The maximum Gasteiger partial charge on any atom is 0.262 e. The molecule has 1 aliphatic heterocycles. The third-order valence-corrected chi connectivity index (χ3v) is 5.04. The van der Waals surface area contributed by atoms with Gasteiger partial charge in [-0.25, -0.2) is 0 Å². The van der Waals surface area contributed by atoms with Crippen LogP contribution in [0.1, 0.15) is 19.4 Å². The lowest BCUT2D eigenvalue weighted by Crippen LogP contribution is -2.46. The molecule has 1 N–H and O–H groups in total. The van der Waals surface area contributed by atoms with Gasteiger partial charge < -0.3 is 19.9 Å². The molecule has 144 valence electrons. The third kappa shape index (κ3) is 5.23. The number of nitrogens with one attached hydrogen (secondary N) is 1. The van der Waals surface area contributed by atoms with Crippen LogP contribution in [0.3, 0.4) is 0 Å². The monoisotopic (exact) mass is 367 g/mol. The number of amides is 1. The van der Waals surface area contributed by atoms with E-state index in [1.807, 2.05) is 42.5 Å². The first kappa shape index (κ1) is 19.2. The SMILES string of the molecule is CCc1ccc(OCC(=O)Nc2ccccc2N2CCN(CC)CC2)cc1. The number of rotatable bonds is 7. The average molecular weight is 367 g/mol. The van der Waals surface area contributed by atoms with Crippen LogP contribution < -0.4 is 15.0 Å². The molecule has 27 heavy (non-hydrogen) atoms. The summed E-state index contributed by atoms with van der Waals surface area (Å²) in [7, 11) is 0. The van der Waals surface area contributed by atoms with Gasteiger partial charge in [0.1, 0.15) is 5.75 Å². The molecule has 1 amide bonds. The van der Waals surface area contributed by atoms with E-state index in [4.69, 9.17) is 4.74 Å². The van der Waals surface area contributed by atoms with Gasteiger partial charge in [0.15, 0.2) is 6.61 Å². The van der Waals surface area contributed by atoms with Crippen molar-refractivity contribution in [2.45, 2.75) is 20.3 Å². The highest BCUT2D eigenvalue weighted by Gasteiger charge is 2.18. The number of carbonyl (C=O) groups excluding carboxylic acids is 1. The molecule has 0 radical (unpaired) electrons. The highest BCUT2D eigenvalue weighted by atomic mass is 16.5. The molecule has 1 saturated heterocycles. The van der Waals surface area contributed by atoms with Crippen LogP contribution in [0, 0.1) is 0 Å². The van der Waals surface area contributed by atoms with Gasteiger partial charge in [0.05, 0.1) is 11.4 Å². The first-order chi connectivity index (χ1) is 13.2. The summed E-state index contributed by atoms with van der Waals surface area (Å²) in [5.74, 6) is 0.570. The van der Waals surface area contributed by atoms with Gasteiger partial charge in [-0.1, -0.05) is 38.1 Å². The lowest BCUT2D eigenvalue weighted by atomic mass is 10.2. The van der Waals surface area contributed by atoms with Crippen molar-refractivity contribution in [3.8, 4) is 5.75 Å². The third-order valence-electron chi connectivity index (χ3n) is 5.04. The maximum absolute atomic E-state index is 12.4. The minimum atomic E-state index is -0.144. The summed E-state index contributed by atoms with van der Waals surface area (Å²) < 4.78 is 5.62. The van der Waals surface area contributed by atoms with E-state index in [2.05, 4.69) is 35.0 Å². The fourth-order valence-electron chi connectivity index (χ4n) is 3.32. The van der Waals surface area contributed by atoms with Crippen LogP contribution in [0.2, 0.25) is 0 Å². The molecule has 5 heteroatoms. The number of likely N-dealkylation sites (N-methyl/N-ethyl adjacent to an activating group) is 1. The molecule has 0 atom stereocenters. The molecule has 5 nitrogen and oxygen atoms in total. The molecule has 1 heterocycles. The number of aryl methyl sites for hydroxylation is 1. The zero-order valence-corrected chi connectivity index (χ0v) is 16.3. The van der Waals surface area contributed by atoms with E-state index in [-0.39, 0.29) is 12.5 Å². The van der Waals surface area contributed by atoms with Gasteiger partial charge >= 0.3 is 0 Å². The number of ether oxygens (including phenoxy) is 1. The van der Waals surface area contributed by atoms with Gasteiger partial charge in [0, 0.05) is 26.2 Å². The summed E-state index contributed by atoms with van der Waals surface area (Å²) in [6.07, 6.45) is 0.990. The van der Waals surface area contributed by atoms with Crippen molar-refractivity contribution in [1.82, 2.24) is 4.90 Å². The van der Waals surface area contributed by atoms with Crippen LogP contribution in [0.15, 0.2) is 48.5 Å². The van der Waals surface area contributed by atoms with E-state index in [1.54, 1.807) is 0 Å². The van der Waals surface area contributed by atoms with Crippen molar-refractivity contribution in [2.24, 2.45) is 0 Å². The van der Waals surface area contributed by atoms with Crippen molar-refractivity contribution >= 4 is 17.3 Å². The Kier molecular flexibility index (Phi) is 6.71. The second-order valence-electron chi connectivity index (χ2n) is 6.77. The number of anilines is 2. The van der Waals surface area contributed by atoms with E-state index in [0.717, 1.165) is 50.5 Å². The Morgan fingerprint density at radius 2 is 1.70 bits per heavy atom. The Morgan fingerprint density at radius 3 is 2.37 bits per heavy atom. The Labute approximate surface area is 161 Å². The van der Waals surface area contributed by atoms with E-state index < -0.39 is 0 Å². The van der Waals surface area contributed by atoms with Gasteiger partial charge in [0.25, 0.3) is 5.91 Å². The Bertz CT molecular complexity index is 737. The lowest BCUT2D eigenvalue weighted by molar-refractivity contribution is -0.118. The van der Waals surface area contributed by atoms with Crippen molar-refractivity contribution in [2.75, 3.05) is 49.5 Å². The summed E-state index contributed by atoms with van der Waals surface area (Å²) in [5.41, 5.74) is 3.18. The minimum absolute atomic E-state index is 0.00339. The number of piperazine rings is 1. The molecule has 2 aromatic carbocycles. The first-order valence-corrected chi connectivity index (χ1v) is 9.77. The topological polar surface area (TPSA) is 44.8 Å². The van der Waals surface area contributed by atoms with Crippen molar-refractivity contribution in [1.29, 1.82) is 0 Å². The molecule has 0 bridgehead atoms. The molecule has 1 aliphatic rings. The van der Waals surface area contributed by atoms with Gasteiger partial charge in [-0.05, 0) is 42.8 Å². The number of para-hydroxylation sites is 2.